The van der Waals surface area contributed by atoms with Crippen LogP contribution >= 0.6 is 0 Å². The molecule has 0 heterocycles. The molecule has 0 aromatic heterocycles. The van der Waals surface area contributed by atoms with Crippen molar-refractivity contribution in [2.45, 2.75) is 33.3 Å². The van der Waals surface area contributed by atoms with Gasteiger partial charge in [0.05, 0.1) is 18.2 Å². The molecule has 3 nitrogen and oxygen atoms in total. The van der Waals surface area contributed by atoms with Gasteiger partial charge in [0, 0.05) is 0 Å². The number of ether oxygens (including phenoxy) is 1. The number of anilines is 1. The van der Waals surface area contributed by atoms with Gasteiger partial charge in [0.15, 0.2) is 0 Å². The third-order valence-corrected chi connectivity index (χ3v) is 3.01. The number of aryl methyl sites for hydroxylation is 1. The molecule has 0 radical (unpaired) electrons. The van der Waals surface area contributed by atoms with E-state index in [1.807, 2.05) is 69.3 Å². The molecule has 0 fully saturated rings. The number of hydrogen-bond acceptors (Lipinski definition) is 2. The van der Waals surface area contributed by atoms with E-state index in [-0.39, 0.29) is 12.0 Å². The van der Waals surface area contributed by atoms with Gasteiger partial charge in [0.1, 0.15) is 5.75 Å². The molecule has 2 aromatic rings. The topological polar surface area (TPSA) is 38.3 Å². The van der Waals surface area contributed by atoms with Crippen LogP contribution in [0.4, 0.5) is 5.69 Å². The van der Waals surface area contributed by atoms with Crippen LogP contribution in [0.3, 0.4) is 0 Å². The minimum absolute atomic E-state index is 0.0429. The number of hydrogen-bond donors (Lipinski definition) is 1. The maximum atomic E-state index is 12.1. The normalized spacial score (nSPS) is 10.5. The van der Waals surface area contributed by atoms with E-state index in [2.05, 4.69) is 5.32 Å². The monoisotopic (exact) mass is 283 g/mol. The number of amides is 1. The molecule has 1 N–H and O–H groups in total. The van der Waals surface area contributed by atoms with Gasteiger partial charge in [0.2, 0.25) is 5.91 Å². The lowest BCUT2D eigenvalue weighted by Crippen LogP contribution is -2.16. The fraction of sp³-hybridized carbons (Fsp3) is 0.278. The SMILES string of the molecule is Cc1ccc(CC(=O)Nc2ccccc2OC(C)C)cc1. The molecule has 110 valence electrons. The Balaban J connectivity index is 2.04. The van der Waals surface area contributed by atoms with Gasteiger partial charge in [0.25, 0.3) is 0 Å². The highest BCUT2D eigenvalue weighted by molar-refractivity contribution is 5.93. The highest BCUT2D eigenvalue weighted by Crippen LogP contribution is 2.25. The van der Waals surface area contributed by atoms with Crippen LogP contribution in [0.25, 0.3) is 0 Å². The first-order valence-electron chi connectivity index (χ1n) is 7.15. The van der Waals surface area contributed by atoms with E-state index in [4.69, 9.17) is 4.74 Å². The summed E-state index contributed by atoms with van der Waals surface area (Å²) in [6.07, 6.45) is 0.427. The second kappa shape index (κ2) is 6.93. The quantitative estimate of drug-likeness (QED) is 0.902. The minimum atomic E-state index is -0.0429. The molecule has 0 saturated carbocycles. The van der Waals surface area contributed by atoms with E-state index in [1.165, 1.54) is 5.56 Å². The average Bonchev–Trinajstić information content (AvgIpc) is 2.43. The second-order valence-electron chi connectivity index (χ2n) is 5.37. The van der Waals surface area contributed by atoms with Gasteiger partial charge in [-0.05, 0) is 38.5 Å². The van der Waals surface area contributed by atoms with E-state index in [0.29, 0.717) is 17.9 Å². The molecular weight excluding hydrogens is 262 g/mol. The minimum Gasteiger partial charge on any atom is -0.489 e. The van der Waals surface area contributed by atoms with E-state index in [0.717, 1.165) is 5.56 Å². The van der Waals surface area contributed by atoms with Crippen LogP contribution in [-0.2, 0) is 11.2 Å². The average molecular weight is 283 g/mol. The van der Waals surface area contributed by atoms with E-state index in [1.54, 1.807) is 0 Å². The van der Waals surface area contributed by atoms with Crippen molar-refractivity contribution in [3.8, 4) is 5.75 Å². The molecule has 0 aliphatic heterocycles. The van der Waals surface area contributed by atoms with Crippen molar-refractivity contribution in [1.29, 1.82) is 0 Å². The third kappa shape index (κ3) is 4.63. The summed E-state index contributed by atoms with van der Waals surface area (Å²) >= 11 is 0. The van der Waals surface area contributed by atoms with Crippen LogP contribution < -0.4 is 10.1 Å². The number of rotatable bonds is 5. The molecule has 2 aromatic carbocycles. The number of carbonyl (C=O) groups excluding carboxylic acids is 1. The van der Waals surface area contributed by atoms with Crippen LogP contribution in [0.15, 0.2) is 48.5 Å². The van der Waals surface area contributed by atoms with Gasteiger partial charge >= 0.3 is 0 Å². The zero-order valence-electron chi connectivity index (χ0n) is 12.7. The number of benzene rings is 2. The lowest BCUT2D eigenvalue weighted by atomic mass is 10.1. The fourth-order valence-corrected chi connectivity index (χ4v) is 2.01. The summed E-state index contributed by atoms with van der Waals surface area (Å²) in [5.74, 6) is 0.656. The Hall–Kier alpha value is -2.29. The summed E-state index contributed by atoms with van der Waals surface area (Å²) in [5, 5.41) is 2.92. The van der Waals surface area contributed by atoms with Crippen molar-refractivity contribution in [3.05, 3.63) is 59.7 Å². The Morgan fingerprint density at radius 2 is 1.76 bits per heavy atom. The second-order valence-corrected chi connectivity index (χ2v) is 5.37. The van der Waals surface area contributed by atoms with Crippen molar-refractivity contribution in [2.24, 2.45) is 0 Å². The zero-order valence-corrected chi connectivity index (χ0v) is 12.7. The lowest BCUT2D eigenvalue weighted by Gasteiger charge is -2.14. The first-order chi connectivity index (χ1) is 10.0. The Kier molecular flexibility index (Phi) is 4.99. The molecule has 21 heavy (non-hydrogen) atoms. The van der Waals surface area contributed by atoms with E-state index < -0.39 is 0 Å². The lowest BCUT2D eigenvalue weighted by molar-refractivity contribution is -0.115. The molecule has 0 atom stereocenters. The fourth-order valence-electron chi connectivity index (χ4n) is 2.01. The Labute approximate surface area is 126 Å². The Bertz CT molecular complexity index is 603. The molecule has 1 amide bonds. The molecule has 0 aliphatic carbocycles. The number of carbonyl (C=O) groups is 1. The van der Waals surface area contributed by atoms with Gasteiger partial charge in [-0.15, -0.1) is 0 Å². The molecule has 0 aliphatic rings. The van der Waals surface area contributed by atoms with Gasteiger partial charge < -0.3 is 10.1 Å². The molecule has 0 bridgehead atoms. The smallest absolute Gasteiger partial charge is 0.228 e. The molecule has 0 spiro atoms. The molecule has 2 rings (SSSR count). The zero-order chi connectivity index (χ0) is 15.2. The summed E-state index contributed by atoms with van der Waals surface area (Å²) in [6, 6.07) is 15.5. The standard InChI is InChI=1S/C18H21NO2/c1-13(2)21-17-7-5-4-6-16(17)19-18(20)12-15-10-8-14(3)9-11-15/h4-11,13H,12H2,1-3H3,(H,19,20). The summed E-state index contributed by atoms with van der Waals surface area (Å²) in [4.78, 5) is 12.1. The van der Waals surface area contributed by atoms with Gasteiger partial charge in [-0.3, -0.25) is 4.79 Å². The maximum Gasteiger partial charge on any atom is 0.228 e. The molecular formula is C18H21NO2. The van der Waals surface area contributed by atoms with Crippen LogP contribution in [0, 0.1) is 6.92 Å². The van der Waals surface area contributed by atoms with Gasteiger partial charge in [-0.1, -0.05) is 42.0 Å². The van der Waals surface area contributed by atoms with Crippen molar-refractivity contribution in [2.75, 3.05) is 5.32 Å². The van der Waals surface area contributed by atoms with E-state index in [9.17, 15) is 4.79 Å². The third-order valence-electron chi connectivity index (χ3n) is 3.01. The van der Waals surface area contributed by atoms with Gasteiger partial charge in [-0.2, -0.15) is 0 Å². The highest BCUT2D eigenvalue weighted by Gasteiger charge is 2.09. The first-order valence-corrected chi connectivity index (χ1v) is 7.15. The number of para-hydroxylation sites is 2. The van der Waals surface area contributed by atoms with Crippen molar-refractivity contribution < 1.29 is 9.53 Å². The van der Waals surface area contributed by atoms with Crippen molar-refractivity contribution >= 4 is 11.6 Å². The predicted octanol–water partition coefficient (Wildman–Crippen LogP) is 3.96. The summed E-state index contributed by atoms with van der Waals surface area (Å²) in [5.41, 5.74) is 2.90. The van der Waals surface area contributed by atoms with E-state index >= 15 is 0 Å². The molecule has 0 saturated heterocycles. The predicted molar refractivity (Wildman–Crippen MR) is 85.7 cm³/mol. The van der Waals surface area contributed by atoms with Crippen LogP contribution in [-0.4, -0.2) is 12.0 Å². The first kappa shape index (κ1) is 15.1. The Morgan fingerprint density at radius 1 is 1.10 bits per heavy atom. The summed E-state index contributed by atoms with van der Waals surface area (Å²) < 4.78 is 5.70. The number of nitrogens with one attached hydrogen (secondary N) is 1. The largest absolute Gasteiger partial charge is 0.489 e. The molecule has 3 heteroatoms. The maximum absolute atomic E-state index is 12.1. The van der Waals surface area contributed by atoms with Crippen molar-refractivity contribution in [1.82, 2.24) is 0 Å². The highest BCUT2D eigenvalue weighted by atomic mass is 16.5. The van der Waals surface area contributed by atoms with Crippen LogP contribution in [0.1, 0.15) is 25.0 Å². The Morgan fingerprint density at radius 3 is 2.43 bits per heavy atom. The van der Waals surface area contributed by atoms with Crippen molar-refractivity contribution in [3.63, 3.8) is 0 Å². The van der Waals surface area contributed by atoms with Gasteiger partial charge in [-0.25, -0.2) is 0 Å². The summed E-state index contributed by atoms with van der Waals surface area (Å²) in [6.45, 7) is 5.96. The van der Waals surface area contributed by atoms with Crippen LogP contribution in [0.5, 0.6) is 5.75 Å². The summed E-state index contributed by atoms with van der Waals surface area (Å²) in [7, 11) is 0. The molecule has 0 unspecified atom stereocenters. The van der Waals surface area contributed by atoms with Crippen LogP contribution in [0.2, 0.25) is 0 Å².